The number of benzene rings is 1. The molecule has 0 unspecified atom stereocenters. The summed E-state index contributed by atoms with van der Waals surface area (Å²) in [6.07, 6.45) is 5.50. The largest absolute Gasteiger partial charge is 0.486 e. The Morgan fingerprint density at radius 2 is 1.60 bits per heavy atom. The number of allylic oxidation sites excluding steroid dienone is 1. The fraction of sp³-hybridized carbons (Fsp3) is 0.529. The first-order valence-electron chi connectivity index (χ1n) is 7.47. The fourth-order valence-electron chi connectivity index (χ4n) is 2.24. The number of unbranched alkanes of at least 4 members (excludes halogenated alkanes) is 1. The summed E-state index contributed by atoms with van der Waals surface area (Å²) in [7, 11) is -0.211. The van der Waals surface area contributed by atoms with Crippen molar-refractivity contribution in [3.8, 4) is 0 Å². The van der Waals surface area contributed by atoms with E-state index in [-0.39, 0.29) is 18.3 Å². The standard InChI is InChI=1S/C17H25BO2/c1-16(2)17(3,4)20-18(19-16)14-10-6-9-13-15-11-7-5-8-12-15/h5,7-8,10-12,14H,6,9,13H2,1-4H3/b14-10-. The van der Waals surface area contributed by atoms with E-state index in [0.29, 0.717) is 0 Å². The third-order valence-electron chi connectivity index (χ3n) is 4.24. The lowest BCUT2D eigenvalue weighted by molar-refractivity contribution is 0.00578. The van der Waals surface area contributed by atoms with Gasteiger partial charge in [0.05, 0.1) is 11.2 Å². The maximum Gasteiger partial charge on any atom is 0.486 e. The highest BCUT2D eigenvalue weighted by Crippen LogP contribution is 2.36. The Bertz CT molecular complexity index is 435. The number of hydrogen-bond acceptors (Lipinski definition) is 2. The highest BCUT2D eigenvalue weighted by atomic mass is 16.7. The van der Waals surface area contributed by atoms with Crippen LogP contribution in [-0.2, 0) is 15.7 Å². The second-order valence-corrected chi connectivity index (χ2v) is 6.43. The summed E-state index contributed by atoms with van der Waals surface area (Å²) in [6.45, 7) is 8.32. The zero-order chi connectivity index (χ0) is 14.6. The SMILES string of the molecule is CC1(C)OB(/C=C\CCCc2ccccc2)OC1(C)C. The molecule has 0 amide bonds. The number of rotatable bonds is 5. The van der Waals surface area contributed by atoms with Crippen molar-refractivity contribution in [2.24, 2.45) is 0 Å². The average molecular weight is 272 g/mol. The van der Waals surface area contributed by atoms with E-state index in [2.05, 4.69) is 64.1 Å². The van der Waals surface area contributed by atoms with Gasteiger partial charge in [0.1, 0.15) is 0 Å². The molecular weight excluding hydrogens is 247 g/mol. The highest BCUT2D eigenvalue weighted by molar-refractivity contribution is 6.51. The van der Waals surface area contributed by atoms with Crippen LogP contribution < -0.4 is 0 Å². The van der Waals surface area contributed by atoms with Gasteiger partial charge in [-0.15, -0.1) is 0 Å². The summed E-state index contributed by atoms with van der Waals surface area (Å²) >= 11 is 0. The molecule has 1 aliphatic heterocycles. The van der Waals surface area contributed by atoms with Gasteiger partial charge in [-0.3, -0.25) is 0 Å². The van der Waals surface area contributed by atoms with E-state index in [1.807, 2.05) is 5.98 Å². The van der Waals surface area contributed by atoms with Crippen LogP contribution in [-0.4, -0.2) is 18.3 Å². The predicted molar refractivity (Wildman–Crippen MR) is 84.6 cm³/mol. The van der Waals surface area contributed by atoms with Crippen LogP contribution >= 0.6 is 0 Å². The third kappa shape index (κ3) is 3.74. The van der Waals surface area contributed by atoms with Crippen molar-refractivity contribution in [3.05, 3.63) is 47.9 Å². The second-order valence-electron chi connectivity index (χ2n) is 6.43. The van der Waals surface area contributed by atoms with Crippen molar-refractivity contribution < 1.29 is 9.31 Å². The van der Waals surface area contributed by atoms with Gasteiger partial charge in [-0.1, -0.05) is 42.4 Å². The van der Waals surface area contributed by atoms with Gasteiger partial charge >= 0.3 is 7.12 Å². The summed E-state index contributed by atoms with van der Waals surface area (Å²) < 4.78 is 11.8. The van der Waals surface area contributed by atoms with E-state index in [0.717, 1.165) is 19.3 Å². The van der Waals surface area contributed by atoms with Crippen molar-refractivity contribution in [2.75, 3.05) is 0 Å². The molecule has 1 heterocycles. The minimum Gasteiger partial charge on any atom is -0.400 e. The molecule has 1 aliphatic rings. The van der Waals surface area contributed by atoms with Crippen molar-refractivity contribution in [2.45, 2.75) is 58.2 Å². The quantitative estimate of drug-likeness (QED) is 0.591. The van der Waals surface area contributed by atoms with Gasteiger partial charge in [0.2, 0.25) is 0 Å². The van der Waals surface area contributed by atoms with Crippen LogP contribution in [0.25, 0.3) is 0 Å². The van der Waals surface area contributed by atoms with E-state index < -0.39 is 0 Å². The Balaban J connectivity index is 1.73. The molecule has 1 aromatic rings. The molecule has 0 aliphatic carbocycles. The molecule has 0 spiro atoms. The Kier molecular flexibility index (Phi) is 4.72. The molecule has 20 heavy (non-hydrogen) atoms. The molecule has 2 rings (SSSR count). The maximum absolute atomic E-state index is 5.92. The van der Waals surface area contributed by atoms with Gasteiger partial charge in [0, 0.05) is 0 Å². The average Bonchev–Trinajstić information content (AvgIpc) is 2.58. The molecule has 108 valence electrons. The molecule has 2 nitrogen and oxygen atoms in total. The summed E-state index contributed by atoms with van der Waals surface area (Å²) in [6, 6.07) is 10.6. The van der Waals surface area contributed by atoms with Gasteiger partial charge < -0.3 is 9.31 Å². The van der Waals surface area contributed by atoms with E-state index in [1.54, 1.807) is 0 Å². The van der Waals surface area contributed by atoms with E-state index >= 15 is 0 Å². The highest BCUT2D eigenvalue weighted by Gasteiger charge is 2.49. The lowest BCUT2D eigenvalue weighted by Gasteiger charge is -2.32. The van der Waals surface area contributed by atoms with E-state index in [4.69, 9.17) is 9.31 Å². The van der Waals surface area contributed by atoms with E-state index in [9.17, 15) is 0 Å². The van der Waals surface area contributed by atoms with Crippen LogP contribution in [0, 0.1) is 0 Å². The van der Waals surface area contributed by atoms with Crippen LogP contribution in [0.5, 0.6) is 0 Å². The van der Waals surface area contributed by atoms with Crippen LogP contribution in [0.1, 0.15) is 46.1 Å². The summed E-state index contributed by atoms with van der Waals surface area (Å²) in [4.78, 5) is 0. The van der Waals surface area contributed by atoms with Crippen molar-refractivity contribution in [1.82, 2.24) is 0 Å². The van der Waals surface area contributed by atoms with Crippen molar-refractivity contribution in [1.29, 1.82) is 0 Å². The molecule has 0 N–H and O–H groups in total. The molecule has 3 heteroatoms. The normalized spacial score (nSPS) is 20.7. The molecule has 1 saturated heterocycles. The zero-order valence-electron chi connectivity index (χ0n) is 13.1. The Morgan fingerprint density at radius 1 is 1.00 bits per heavy atom. The summed E-state index contributed by atoms with van der Waals surface area (Å²) in [5.74, 6) is 2.04. The lowest BCUT2D eigenvalue weighted by Crippen LogP contribution is -2.41. The second kappa shape index (κ2) is 6.15. The topological polar surface area (TPSA) is 18.5 Å². The van der Waals surface area contributed by atoms with Crippen LogP contribution in [0.3, 0.4) is 0 Å². The van der Waals surface area contributed by atoms with Gasteiger partial charge in [-0.05, 0) is 52.5 Å². The zero-order valence-corrected chi connectivity index (χ0v) is 13.1. The Labute approximate surface area is 123 Å². The Hall–Kier alpha value is -1.06. The minimum atomic E-state index is -0.244. The smallest absolute Gasteiger partial charge is 0.400 e. The summed E-state index contributed by atoms with van der Waals surface area (Å²) in [5.41, 5.74) is 0.912. The first kappa shape index (κ1) is 15.3. The van der Waals surface area contributed by atoms with Crippen molar-refractivity contribution in [3.63, 3.8) is 0 Å². The van der Waals surface area contributed by atoms with Crippen molar-refractivity contribution >= 4 is 7.12 Å². The van der Waals surface area contributed by atoms with Gasteiger partial charge in [-0.2, -0.15) is 0 Å². The minimum absolute atomic E-state index is 0.211. The lowest BCUT2D eigenvalue weighted by atomic mass is 9.89. The van der Waals surface area contributed by atoms with Crippen LogP contribution in [0.2, 0.25) is 0 Å². The molecule has 1 aromatic carbocycles. The molecule has 1 fully saturated rings. The molecule has 0 saturated carbocycles. The fourth-order valence-corrected chi connectivity index (χ4v) is 2.24. The molecular formula is C17H25BO2. The number of aryl methyl sites for hydroxylation is 1. The van der Waals surface area contributed by atoms with Crippen LogP contribution in [0.15, 0.2) is 42.4 Å². The molecule has 0 aromatic heterocycles. The first-order chi connectivity index (χ1) is 9.41. The monoisotopic (exact) mass is 272 g/mol. The van der Waals surface area contributed by atoms with Gasteiger partial charge in [0.15, 0.2) is 0 Å². The third-order valence-corrected chi connectivity index (χ3v) is 4.24. The van der Waals surface area contributed by atoms with Gasteiger partial charge in [-0.25, -0.2) is 0 Å². The first-order valence-corrected chi connectivity index (χ1v) is 7.47. The molecule has 0 radical (unpaired) electrons. The Morgan fingerprint density at radius 3 is 2.20 bits per heavy atom. The number of hydrogen-bond donors (Lipinski definition) is 0. The van der Waals surface area contributed by atoms with Gasteiger partial charge in [0.25, 0.3) is 0 Å². The maximum atomic E-state index is 5.92. The predicted octanol–water partition coefficient (Wildman–Crippen LogP) is 4.20. The molecule has 0 bridgehead atoms. The van der Waals surface area contributed by atoms with Crippen LogP contribution in [0.4, 0.5) is 0 Å². The summed E-state index contributed by atoms with van der Waals surface area (Å²) in [5, 5.41) is 0. The molecule has 0 atom stereocenters. The van der Waals surface area contributed by atoms with E-state index in [1.165, 1.54) is 5.56 Å².